The Morgan fingerprint density at radius 3 is 1.27 bits per heavy atom. The summed E-state index contributed by atoms with van der Waals surface area (Å²) in [5.41, 5.74) is 9.15. The fraction of sp³-hybridized carbons (Fsp3) is 0.143. The number of fused-ring (bicyclic) bond motifs is 2. The van der Waals surface area contributed by atoms with Crippen molar-refractivity contribution in [1.29, 1.82) is 0 Å². The second-order valence-electron chi connectivity index (χ2n) is 12.6. The Morgan fingerprint density at radius 2 is 0.857 bits per heavy atom. The first-order chi connectivity index (χ1) is 24.0. The lowest BCUT2D eigenvalue weighted by molar-refractivity contribution is 0.289. The number of phenols is 2. The molecule has 2 heterocycles. The van der Waals surface area contributed by atoms with E-state index in [1.54, 1.807) is 24.3 Å². The van der Waals surface area contributed by atoms with E-state index in [0.717, 1.165) is 82.6 Å². The molecule has 0 radical (unpaired) electrons. The summed E-state index contributed by atoms with van der Waals surface area (Å²) in [7, 11) is 0. The van der Waals surface area contributed by atoms with E-state index in [1.807, 2.05) is 48.5 Å². The largest absolute Gasteiger partial charge is 0.508 e. The molecule has 0 aromatic heterocycles. The normalized spacial score (nSPS) is 13.6. The van der Waals surface area contributed by atoms with Crippen LogP contribution < -0.4 is 24.0 Å². The van der Waals surface area contributed by atoms with E-state index in [2.05, 4.69) is 70.5 Å². The van der Waals surface area contributed by atoms with Crippen LogP contribution in [0.15, 0.2) is 133 Å². The molecule has 2 aliphatic heterocycles. The van der Waals surface area contributed by atoms with Crippen LogP contribution in [0.25, 0.3) is 0 Å². The standard InChI is InChI=1S/C42H36N2O5/c45-37-11-1-29(2-12-37)21-31-5-19-41-33(23-31)25-43(27-47-41)35-7-15-39(16-8-35)49-40-17-9-36(10-18-40)44-26-34-24-32(6-20-42(34)48-28-44)22-30-3-13-38(46)14-4-30/h1-20,23-24,45-46H,21-22,25-28H2. The lowest BCUT2D eigenvalue weighted by Crippen LogP contribution is -2.31. The molecule has 2 N–H and O–H groups in total. The highest BCUT2D eigenvalue weighted by atomic mass is 16.5. The fourth-order valence-electron chi connectivity index (χ4n) is 6.43. The molecule has 0 saturated heterocycles. The molecule has 6 aromatic carbocycles. The number of benzene rings is 6. The van der Waals surface area contributed by atoms with Gasteiger partial charge in [-0.3, -0.25) is 0 Å². The molecule has 7 heteroatoms. The minimum Gasteiger partial charge on any atom is -0.508 e. The van der Waals surface area contributed by atoms with Crippen molar-refractivity contribution in [2.75, 3.05) is 23.3 Å². The second-order valence-corrected chi connectivity index (χ2v) is 12.6. The quantitative estimate of drug-likeness (QED) is 0.171. The van der Waals surface area contributed by atoms with Crippen LogP contribution in [0.2, 0.25) is 0 Å². The number of aromatic hydroxyl groups is 2. The van der Waals surface area contributed by atoms with Gasteiger partial charge in [0, 0.05) is 35.6 Å². The molecule has 2 aliphatic rings. The van der Waals surface area contributed by atoms with Gasteiger partial charge >= 0.3 is 0 Å². The molecular weight excluding hydrogens is 612 g/mol. The molecule has 0 amide bonds. The van der Waals surface area contributed by atoms with Crippen LogP contribution in [0.3, 0.4) is 0 Å². The van der Waals surface area contributed by atoms with Gasteiger partial charge in [-0.05, 0) is 132 Å². The minimum absolute atomic E-state index is 0.279. The third-order valence-electron chi connectivity index (χ3n) is 9.05. The zero-order chi connectivity index (χ0) is 33.2. The maximum absolute atomic E-state index is 9.59. The highest BCUT2D eigenvalue weighted by Gasteiger charge is 2.20. The van der Waals surface area contributed by atoms with Crippen molar-refractivity contribution in [3.8, 4) is 34.5 Å². The molecular formula is C42H36N2O5. The third kappa shape index (κ3) is 6.97. The molecule has 244 valence electrons. The number of nitrogens with zero attached hydrogens (tertiary/aromatic N) is 2. The fourth-order valence-corrected chi connectivity index (χ4v) is 6.43. The minimum atomic E-state index is 0.279. The summed E-state index contributed by atoms with van der Waals surface area (Å²) in [5.74, 6) is 3.93. The van der Waals surface area contributed by atoms with Gasteiger partial charge in [-0.1, -0.05) is 36.4 Å². The summed E-state index contributed by atoms with van der Waals surface area (Å²) in [6.07, 6.45) is 1.59. The molecule has 0 unspecified atom stereocenters. The maximum Gasteiger partial charge on any atom is 0.161 e. The molecule has 0 atom stereocenters. The Bertz CT molecular complexity index is 1910. The molecule has 0 aliphatic carbocycles. The highest BCUT2D eigenvalue weighted by Crippen LogP contribution is 2.34. The summed E-state index contributed by atoms with van der Waals surface area (Å²) >= 11 is 0. The molecule has 0 bridgehead atoms. The Hall–Kier alpha value is -6.08. The lowest BCUT2D eigenvalue weighted by atomic mass is 10.0. The lowest BCUT2D eigenvalue weighted by Gasteiger charge is -2.31. The Morgan fingerprint density at radius 1 is 0.469 bits per heavy atom. The molecule has 7 nitrogen and oxygen atoms in total. The number of phenolic OH excluding ortho intramolecular Hbond substituents is 2. The molecule has 0 saturated carbocycles. The van der Waals surface area contributed by atoms with Gasteiger partial charge in [0.2, 0.25) is 0 Å². The van der Waals surface area contributed by atoms with E-state index in [9.17, 15) is 10.2 Å². The average Bonchev–Trinajstić information content (AvgIpc) is 3.14. The molecule has 0 fully saturated rings. The molecule has 49 heavy (non-hydrogen) atoms. The second kappa shape index (κ2) is 13.2. The van der Waals surface area contributed by atoms with Gasteiger partial charge in [0.1, 0.15) is 34.5 Å². The van der Waals surface area contributed by atoms with Gasteiger partial charge in [0.05, 0.1) is 0 Å². The van der Waals surface area contributed by atoms with E-state index in [-0.39, 0.29) is 11.5 Å². The molecule has 0 spiro atoms. The van der Waals surface area contributed by atoms with Crippen molar-refractivity contribution in [2.24, 2.45) is 0 Å². The van der Waals surface area contributed by atoms with E-state index in [0.29, 0.717) is 13.5 Å². The van der Waals surface area contributed by atoms with Gasteiger partial charge in [0.25, 0.3) is 0 Å². The van der Waals surface area contributed by atoms with Crippen LogP contribution >= 0.6 is 0 Å². The van der Waals surface area contributed by atoms with Crippen molar-refractivity contribution in [2.45, 2.75) is 25.9 Å². The van der Waals surface area contributed by atoms with Gasteiger partial charge in [-0.2, -0.15) is 0 Å². The monoisotopic (exact) mass is 648 g/mol. The SMILES string of the molecule is Oc1ccc(Cc2ccc3c(c2)CN(c2ccc(Oc4ccc(N5COc6ccc(Cc7ccc(O)cc7)cc6C5)cc4)cc2)CO3)cc1. The number of anilines is 2. The topological polar surface area (TPSA) is 74.6 Å². The van der Waals surface area contributed by atoms with Crippen molar-refractivity contribution >= 4 is 11.4 Å². The summed E-state index contributed by atoms with van der Waals surface area (Å²) < 4.78 is 18.4. The zero-order valence-electron chi connectivity index (χ0n) is 27.0. The smallest absolute Gasteiger partial charge is 0.161 e. The van der Waals surface area contributed by atoms with Crippen LogP contribution in [0.1, 0.15) is 33.4 Å². The first-order valence-corrected chi connectivity index (χ1v) is 16.4. The third-order valence-corrected chi connectivity index (χ3v) is 9.05. The van der Waals surface area contributed by atoms with Crippen molar-refractivity contribution < 1.29 is 24.4 Å². The Balaban J connectivity index is 0.879. The number of rotatable bonds is 8. The highest BCUT2D eigenvalue weighted by molar-refractivity contribution is 5.55. The van der Waals surface area contributed by atoms with Gasteiger partial charge in [-0.15, -0.1) is 0 Å². The van der Waals surface area contributed by atoms with E-state index < -0.39 is 0 Å². The van der Waals surface area contributed by atoms with Gasteiger partial charge in [0.15, 0.2) is 13.5 Å². The maximum atomic E-state index is 9.59. The van der Waals surface area contributed by atoms with Crippen molar-refractivity contribution in [3.63, 3.8) is 0 Å². The first-order valence-electron chi connectivity index (χ1n) is 16.4. The average molecular weight is 649 g/mol. The Kier molecular flexibility index (Phi) is 8.15. The first kappa shape index (κ1) is 30.3. The van der Waals surface area contributed by atoms with Crippen molar-refractivity contribution in [1.82, 2.24) is 0 Å². The van der Waals surface area contributed by atoms with Crippen LogP contribution in [0, 0.1) is 0 Å². The van der Waals surface area contributed by atoms with E-state index in [1.165, 1.54) is 11.1 Å². The summed E-state index contributed by atoms with van der Waals surface area (Å²) in [5, 5.41) is 19.2. The summed E-state index contributed by atoms with van der Waals surface area (Å²) in [4.78, 5) is 4.42. The summed E-state index contributed by atoms with van der Waals surface area (Å²) in [6.45, 7) is 2.47. The van der Waals surface area contributed by atoms with Gasteiger partial charge in [-0.25, -0.2) is 0 Å². The van der Waals surface area contributed by atoms with Crippen LogP contribution in [0.5, 0.6) is 34.5 Å². The van der Waals surface area contributed by atoms with Crippen LogP contribution in [-0.2, 0) is 25.9 Å². The van der Waals surface area contributed by atoms with Crippen LogP contribution in [0.4, 0.5) is 11.4 Å². The molecule has 8 rings (SSSR count). The number of hydrogen-bond donors (Lipinski definition) is 2. The Labute approximate surface area is 285 Å². The van der Waals surface area contributed by atoms with Gasteiger partial charge < -0.3 is 34.2 Å². The predicted molar refractivity (Wildman–Crippen MR) is 191 cm³/mol. The number of hydrogen-bond acceptors (Lipinski definition) is 7. The summed E-state index contributed by atoms with van der Waals surface area (Å²) in [6, 6.07) is 43.7. The molecule has 6 aromatic rings. The predicted octanol–water partition coefficient (Wildman–Crippen LogP) is 8.78. The van der Waals surface area contributed by atoms with E-state index in [4.69, 9.17) is 14.2 Å². The van der Waals surface area contributed by atoms with Crippen molar-refractivity contribution in [3.05, 3.63) is 167 Å². The van der Waals surface area contributed by atoms with Crippen LogP contribution in [-0.4, -0.2) is 23.7 Å². The number of ether oxygens (including phenoxy) is 3. The van der Waals surface area contributed by atoms with E-state index >= 15 is 0 Å². The zero-order valence-corrected chi connectivity index (χ0v) is 27.0.